The third-order valence-electron chi connectivity index (χ3n) is 5.45. The molecule has 0 saturated carbocycles. The number of benzene rings is 1. The minimum absolute atomic E-state index is 0.0852. The Morgan fingerprint density at radius 1 is 1.09 bits per heavy atom. The maximum absolute atomic E-state index is 12.5. The van der Waals surface area contributed by atoms with E-state index >= 15 is 0 Å². The molecule has 184 valence electrons. The summed E-state index contributed by atoms with van der Waals surface area (Å²) in [6, 6.07) is 4.66. The van der Waals surface area contributed by atoms with Crippen molar-refractivity contribution in [3.63, 3.8) is 0 Å². The number of hydrogen-bond acceptors (Lipinski definition) is 6. The summed E-state index contributed by atoms with van der Waals surface area (Å²) in [5.74, 6) is -1.47. The van der Waals surface area contributed by atoms with Gasteiger partial charge in [0, 0.05) is 36.6 Å². The van der Waals surface area contributed by atoms with Gasteiger partial charge in [0.1, 0.15) is 12.1 Å². The first-order chi connectivity index (χ1) is 15.9. The van der Waals surface area contributed by atoms with Crippen LogP contribution in [0.15, 0.2) is 22.7 Å². The molecule has 5 amide bonds. The van der Waals surface area contributed by atoms with E-state index in [0.29, 0.717) is 30.4 Å². The molecule has 1 aromatic carbocycles. The van der Waals surface area contributed by atoms with Crippen LogP contribution in [0.25, 0.3) is 0 Å². The third kappa shape index (κ3) is 6.55. The lowest BCUT2D eigenvalue weighted by atomic mass is 10.0. The van der Waals surface area contributed by atoms with E-state index < -0.39 is 29.4 Å². The van der Waals surface area contributed by atoms with Gasteiger partial charge < -0.3 is 20.3 Å². The molecular formula is C23H29BrN4O6. The Labute approximate surface area is 206 Å². The average molecular weight is 537 g/mol. The molecule has 34 heavy (non-hydrogen) atoms. The summed E-state index contributed by atoms with van der Waals surface area (Å²) in [6.45, 7) is 6.06. The molecule has 1 saturated heterocycles. The molecule has 0 aromatic heterocycles. The smallest absolute Gasteiger partial charge is 0.407 e. The summed E-state index contributed by atoms with van der Waals surface area (Å²) in [7, 11) is 0. The minimum atomic E-state index is -0.600. The van der Waals surface area contributed by atoms with E-state index in [0.717, 1.165) is 4.90 Å². The van der Waals surface area contributed by atoms with Gasteiger partial charge in [-0.25, -0.2) is 4.79 Å². The summed E-state index contributed by atoms with van der Waals surface area (Å²) >= 11 is 3.28. The van der Waals surface area contributed by atoms with Gasteiger partial charge in [0.05, 0.1) is 11.1 Å². The molecule has 0 bridgehead atoms. The number of imide groups is 1. The molecule has 2 aliphatic heterocycles. The normalized spacial score (nSPS) is 16.4. The van der Waals surface area contributed by atoms with E-state index in [-0.39, 0.29) is 42.6 Å². The highest BCUT2D eigenvalue weighted by atomic mass is 79.9. The molecule has 3 rings (SSSR count). The predicted octanol–water partition coefficient (Wildman–Crippen LogP) is 2.07. The van der Waals surface area contributed by atoms with Crippen molar-refractivity contribution in [2.45, 2.75) is 51.7 Å². The Hall–Kier alpha value is -2.95. The van der Waals surface area contributed by atoms with E-state index in [1.165, 1.54) is 0 Å². The maximum atomic E-state index is 12.5. The van der Waals surface area contributed by atoms with Crippen LogP contribution in [0.3, 0.4) is 0 Å². The lowest BCUT2D eigenvalue weighted by Crippen LogP contribution is -2.49. The zero-order valence-corrected chi connectivity index (χ0v) is 21.1. The van der Waals surface area contributed by atoms with Crippen LogP contribution in [-0.2, 0) is 14.3 Å². The van der Waals surface area contributed by atoms with Gasteiger partial charge in [-0.05, 0) is 51.8 Å². The fraction of sp³-hybridized carbons (Fsp3) is 0.522. The summed E-state index contributed by atoms with van der Waals surface area (Å²) in [5, 5.41) is 5.43. The van der Waals surface area contributed by atoms with E-state index in [4.69, 9.17) is 4.74 Å². The standard InChI is InChI=1S/C23H29BrN4O6/c1-23(2,3)34-22(33)25-9-6-19(30)27-10-7-15(8-11-27)26-18(29)13-28-20(31)16-5-4-14(24)12-17(16)21(28)32/h4-5,12,15H,6-11,13H2,1-3H3,(H,25,33)(H,26,29). The van der Waals surface area contributed by atoms with Crippen LogP contribution in [0.1, 0.15) is 60.7 Å². The van der Waals surface area contributed by atoms with Crippen LogP contribution in [0.2, 0.25) is 0 Å². The van der Waals surface area contributed by atoms with Gasteiger partial charge in [-0.3, -0.25) is 24.1 Å². The molecule has 11 heteroatoms. The number of nitrogens with one attached hydrogen (secondary N) is 2. The van der Waals surface area contributed by atoms with Crippen molar-refractivity contribution in [3.05, 3.63) is 33.8 Å². The van der Waals surface area contributed by atoms with Crippen LogP contribution in [-0.4, -0.2) is 77.3 Å². The van der Waals surface area contributed by atoms with E-state index in [1.807, 2.05) is 0 Å². The molecule has 1 aromatic rings. The second-order valence-corrected chi connectivity index (χ2v) is 10.2. The largest absolute Gasteiger partial charge is 0.444 e. The number of rotatable bonds is 6. The summed E-state index contributed by atoms with van der Waals surface area (Å²) in [5.41, 5.74) is -0.0363. The molecule has 10 nitrogen and oxygen atoms in total. The number of carbonyl (C=O) groups excluding carboxylic acids is 5. The molecule has 0 unspecified atom stereocenters. The first kappa shape index (κ1) is 25.7. The number of ether oxygens (including phenoxy) is 1. The van der Waals surface area contributed by atoms with Gasteiger partial charge in [0.2, 0.25) is 11.8 Å². The highest BCUT2D eigenvalue weighted by Gasteiger charge is 2.37. The average Bonchev–Trinajstić information content (AvgIpc) is 2.97. The van der Waals surface area contributed by atoms with E-state index in [2.05, 4.69) is 26.6 Å². The van der Waals surface area contributed by atoms with Crippen molar-refractivity contribution in [2.75, 3.05) is 26.2 Å². The molecule has 1 fully saturated rings. The number of halogens is 1. The SMILES string of the molecule is CC(C)(C)OC(=O)NCCC(=O)N1CCC(NC(=O)CN2C(=O)c3ccc(Br)cc3C2=O)CC1. The fourth-order valence-electron chi connectivity index (χ4n) is 3.84. The highest BCUT2D eigenvalue weighted by molar-refractivity contribution is 9.10. The van der Waals surface area contributed by atoms with Crippen molar-refractivity contribution in [1.82, 2.24) is 20.4 Å². The summed E-state index contributed by atoms with van der Waals surface area (Å²) in [6.07, 6.45) is 0.719. The Balaban J connectivity index is 1.39. The van der Waals surface area contributed by atoms with Gasteiger partial charge in [-0.1, -0.05) is 15.9 Å². The van der Waals surface area contributed by atoms with Gasteiger partial charge >= 0.3 is 6.09 Å². The number of alkyl carbamates (subject to hydrolysis) is 1. The minimum Gasteiger partial charge on any atom is -0.444 e. The lowest BCUT2D eigenvalue weighted by Gasteiger charge is -2.32. The lowest BCUT2D eigenvalue weighted by molar-refractivity contribution is -0.132. The van der Waals surface area contributed by atoms with Gasteiger partial charge in [-0.2, -0.15) is 0 Å². The number of piperidine rings is 1. The quantitative estimate of drug-likeness (QED) is 0.536. The molecule has 0 atom stereocenters. The second-order valence-electron chi connectivity index (χ2n) is 9.29. The number of fused-ring (bicyclic) bond motifs is 1. The molecule has 0 radical (unpaired) electrons. The molecule has 0 aliphatic carbocycles. The van der Waals surface area contributed by atoms with Crippen molar-refractivity contribution in [1.29, 1.82) is 0 Å². The topological polar surface area (TPSA) is 125 Å². The number of carbonyl (C=O) groups is 5. The maximum Gasteiger partial charge on any atom is 0.407 e. The Kier molecular flexibility index (Phi) is 7.96. The van der Waals surface area contributed by atoms with Crippen LogP contribution < -0.4 is 10.6 Å². The van der Waals surface area contributed by atoms with E-state index in [1.54, 1.807) is 43.9 Å². The van der Waals surface area contributed by atoms with Crippen molar-refractivity contribution in [3.8, 4) is 0 Å². The van der Waals surface area contributed by atoms with Crippen LogP contribution in [0, 0.1) is 0 Å². The number of likely N-dealkylation sites (tertiary alicyclic amines) is 1. The molecule has 2 aliphatic rings. The number of hydrogen-bond donors (Lipinski definition) is 2. The predicted molar refractivity (Wildman–Crippen MR) is 126 cm³/mol. The summed E-state index contributed by atoms with van der Waals surface area (Å²) < 4.78 is 5.82. The monoisotopic (exact) mass is 536 g/mol. The third-order valence-corrected chi connectivity index (χ3v) is 5.95. The fourth-order valence-corrected chi connectivity index (χ4v) is 4.20. The van der Waals surface area contributed by atoms with Gasteiger partial charge in [0.15, 0.2) is 0 Å². The van der Waals surface area contributed by atoms with E-state index in [9.17, 15) is 24.0 Å². The van der Waals surface area contributed by atoms with Crippen molar-refractivity contribution in [2.24, 2.45) is 0 Å². The van der Waals surface area contributed by atoms with Gasteiger partial charge in [-0.15, -0.1) is 0 Å². The molecule has 2 N–H and O–H groups in total. The zero-order valence-electron chi connectivity index (χ0n) is 19.5. The first-order valence-corrected chi connectivity index (χ1v) is 11.9. The molecular weight excluding hydrogens is 508 g/mol. The highest BCUT2D eigenvalue weighted by Crippen LogP contribution is 2.25. The Morgan fingerprint density at radius 3 is 2.38 bits per heavy atom. The first-order valence-electron chi connectivity index (χ1n) is 11.1. The second kappa shape index (κ2) is 10.5. The molecule has 2 heterocycles. The number of nitrogens with zero attached hydrogens (tertiary/aromatic N) is 2. The number of amides is 5. The van der Waals surface area contributed by atoms with Crippen LogP contribution in [0.4, 0.5) is 4.79 Å². The molecule has 0 spiro atoms. The Bertz CT molecular complexity index is 998. The van der Waals surface area contributed by atoms with Crippen LogP contribution >= 0.6 is 15.9 Å². The zero-order chi connectivity index (χ0) is 25.0. The van der Waals surface area contributed by atoms with Crippen molar-refractivity contribution >= 4 is 45.7 Å². The Morgan fingerprint density at radius 2 is 1.74 bits per heavy atom. The summed E-state index contributed by atoms with van der Waals surface area (Å²) in [4.78, 5) is 64.2. The van der Waals surface area contributed by atoms with Crippen LogP contribution in [0.5, 0.6) is 0 Å². The van der Waals surface area contributed by atoms with Gasteiger partial charge in [0.25, 0.3) is 11.8 Å². The van der Waals surface area contributed by atoms with Crippen molar-refractivity contribution < 1.29 is 28.7 Å².